The van der Waals surface area contributed by atoms with Crippen molar-refractivity contribution in [3.8, 4) is 44.5 Å². The highest BCUT2D eigenvalue weighted by Crippen LogP contribution is 2.42. The zero-order valence-electron chi connectivity index (χ0n) is 39.8. The molecule has 0 amide bonds. The first-order valence-corrected chi connectivity index (χ1v) is 24.4. The molecule has 2 heteroatoms. The van der Waals surface area contributed by atoms with Gasteiger partial charge in [0.15, 0.2) is 0 Å². The summed E-state index contributed by atoms with van der Waals surface area (Å²) < 4.78 is 0. The summed E-state index contributed by atoms with van der Waals surface area (Å²) in [5, 5.41) is 2.09. The predicted molar refractivity (Wildman–Crippen MR) is 277 cm³/mol. The molecule has 0 aromatic heterocycles. The Morgan fingerprint density at radius 2 is 0.656 bits per heavy atom. The maximum Gasteiger partial charge on any atom is 0.280 e. The summed E-state index contributed by atoms with van der Waals surface area (Å²) in [6, 6.07) is 55.8. The van der Waals surface area contributed by atoms with Gasteiger partial charge in [0.25, 0.3) is 9.04 Å². The largest absolute Gasteiger partial charge is 0.424 e. The fourth-order valence-corrected chi connectivity index (χ4v) is 12.1. The lowest BCUT2D eigenvalue weighted by atomic mass is 9.79. The van der Waals surface area contributed by atoms with E-state index in [2.05, 4.69) is 228 Å². The van der Waals surface area contributed by atoms with Crippen molar-refractivity contribution in [2.45, 2.75) is 94.4 Å². The summed E-state index contributed by atoms with van der Waals surface area (Å²) in [6.45, 7) is 24.9. The zero-order valence-corrected chi connectivity index (χ0v) is 40.8. The number of rotatable bonds is 10. The normalized spacial score (nSPS) is 11.7. The van der Waals surface area contributed by atoms with E-state index < -0.39 is 9.04 Å². The minimum Gasteiger partial charge on any atom is -0.424 e. The summed E-state index contributed by atoms with van der Waals surface area (Å²) in [5.74, 6) is 0. The van der Waals surface area contributed by atoms with Crippen LogP contribution >= 0.6 is 0 Å². The average Bonchev–Trinajstić information content (AvgIpc) is 3.25. The van der Waals surface area contributed by atoms with E-state index in [0.29, 0.717) is 12.8 Å². The molecule has 64 heavy (non-hydrogen) atoms. The lowest BCUT2D eigenvalue weighted by Crippen LogP contribution is -2.46. The molecule has 0 heterocycles. The van der Waals surface area contributed by atoms with Crippen LogP contribution in [0.15, 0.2) is 152 Å². The summed E-state index contributed by atoms with van der Waals surface area (Å²) in [4.78, 5) is 13.2. The van der Waals surface area contributed by atoms with Crippen molar-refractivity contribution in [3.63, 3.8) is 0 Å². The molecule has 0 aliphatic rings. The molecule has 1 radical (unpaired) electrons. The SMILES string of the molecule is Cc1cccc(C)c1-c1cccc(-c2c(C)cccc2C)c1Cc1cc(C(C)(C)C)cc(Cc2c(-c3c(C)cccc3C)cccc2-c2c(C)cccc2C)c1[Si](O)c1ccccc1. The highest BCUT2D eigenvalue weighted by atomic mass is 28.3. The van der Waals surface area contributed by atoms with E-state index in [0.717, 1.165) is 10.4 Å². The Kier molecular flexibility index (Phi) is 12.7. The standard InChI is InChI=1S/C62H63OSi/c1-39-21-15-22-40(2)57(39)51-31-19-32-52(58-41(3)23-16-24-42(58)4)55(51)37-47-35-49(62(9,10)11)36-48(61(47)64(63)50-29-13-12-14-30-50)38-56-53(59-43(5)25-17-26-44(59)6)33-20-34-54(56)60-45(7)27-18-28-46(60)8/h12-36,63H,37-38H2,1-11H3. The number of hydrogen-bond acceptors (Lipinski definition) is 1. The lowest BCUT2D eigenvalue weighted by molar-refractivity contribution is 0.587. The molecule has 0 aliphatic carbocycles. The molecule has 1 N–H and O–H groups in total. The molecule has 0 spiro atoms. The minimum atomic E-state index is -2.27. The van der Waals surface area contributed by atoms with Crippen molar-refractivity contribution in [2.24, 2.45) is 0 Å². The maximum atomic E-state index is 13.2. The maximum absolute atomic E-state index is 13.2. The van der Waals surface area contributed by atoms with Crippen LogP contribution in [0, 0.1) is 55.4 Å². The van der Waals surface area contributed by atoms with E-state index in [4.69, 9.17) is 0 Å². The molecule has 0 unspecified atom stereocenters. The molecule has 321 valence electrons. The summed E-state index contributed by atoms with van der Waals surface area (Å²) in [6.07, 6.45) is 1.34. The third-order valence-electron chi connectivity index (χ3n) is 13.5. The first kappa shape index (κ1) is 44.5. The number of benzene rings is 8. The van der Waals surface area contributed by atoms with Crippen LogP contribution in [0.4, 0.5) is 0 Å². The average molecular weight is 852 g/mol. The van der Waals surface area contributed by atoms with E-state index in [1.807, 2.05) is 0 Å². The molecule has 8 aromatic rings. The van der Waals surface area contributed by atoms with Crippen molar-refractivity contribution < 1.29 is 4.80 Å². The zero-order chi connectivity index (χ0) is 45.4. The van der Waals surface area contributed by atoms with Crippen LogP contribution in [0.5, 0.6) is 0 Å². The van der Waals surface area contributed by atoms with E-state index >= 15 is 0 Å². The lowest BCUT2D eigenvalue weighted by Gasteiger charge is -2.28. The molecule has 1 nitrogen and oxygen atoms in total. The highest BCUT2D eigenvalue weighted by molar-refractivity contribution is 6.79. The summed E-state index contributed by atoms with van der Waals surface area (Å²) >= 11 is 0. The summed E-state index contributed by atoms with van der Waals surface area (Å²) in [7, 11) is -2.27. The van der Waals surface area contributed by atoms with Gasteiger partial charge in [-0.3, -0.25) is 0 Å². The molecule has 0 saturated carbocycles. The summed E-state index contributed by atoms with van der Waals surface area (Å²) in [5.41, 5.74) is 26.4. The number of hydrogen-bond donors (Lipinski definition) is 1. The monoisotopic (exact) mass is 851 g/mol. The fraction of sp³-hybridized carbons (Fsp3) is 0.226. The first-order chi connectivity index (χ1) is 30.6. The van der Waals surface area contributed by atoms with Crippen LogP contribution in [0.3, 0.4) is 0 Å². The molecular formula is C62H63OSi. The topological polar surface area (TPSA) is 20.2 Å². The van der Waals surface area contributed by atoms with Gasteiger partial charge in [0.1, 0.15) is 0 Å². The third kappa shape index (κ3) is 8.62. The van der Waals surface area contributed by atoms with Gasteiger partial charge in [-0.15, -0.1) is 0 Å². The van der Waals surface area contributed by atoms with Gasteiger partial charge in [0, 0.05) is 0 Å². The van der Waals surface area contributed by atoms with Gasteiger partial charge >= 0.3 is 0 Å². The van der Waals surface area contributed by atoms with E-state index in [1.54, 1.807) is 0 Å². The molecule has 8 rings (SSSR count). The van der Waals surface area contributed by atoms with Gasteiger partial charge in [0.05, 0.1) is 0 Å². The number of aryl methyl sites for hydroxylation is 8. The van der Waals surface area contributed by atoms with Crippen molar-refractivity contribution in [3.05, 3.63) is 224 Å². The quantitative estimate of drug-likeness (QED) is 0.136. The molecule has 0 bridgehead atoms. The molecule has 0 saturated heterocycles. The van der Waals surface area contributed by atoms with Gasteiger partial charge in [-0.1, -0.05) is 172 Å². The van der Waals surface area contributed by atoms with Gasteiger partial charge in [-0.05, 0) is 201 Å². The molecule has 0 aliphatic heterocycles. The Morgan fingerprint density at radius 3 is 0.938 bits per heavy atom. The smallest absolute Gasteiger partial charge is 0.280 e. The first-order valence-electron chi connectivity index (χ1n) is 22.9. The van der Waals surface area contributed by atoms with Crippen LogP contribution < -0.4 is 10.4 Å². The van der Waals surface area contributed by atoms with Crippen LogP contribution in [-0.4, -0.2) is 13.8 Å². The van der Waals surface area contributed by atoms with Gasteiger partial charge in [-0.25, -0.2) is 0 Å². The van der Waals surface area contributed by atoms with Crippen molar-refractivity contribution in [1.82, 2.24) is 0 Å². The Balaban J connectivity index is 1.48. The van der Waals surface area contributed by atoms with Gasteiger partial charge < -0.3 is 4.80 Å². The second-order valence-electron chi connectivity index (χ2n) is 19.2. The van der Waals surface area contributed by atoms with Crippen molar-refractivity contribution in [1.29, 1.82) is 0 Å². The van der Waals surface area contributed by atoms with Gasteiger partial charge in [-0.2, -0.15) is 0 Å². The fourth-order valence-electron chi connectivity index (χ4n) is 10.4. The van der Waals surface area contributed by atoms with Crippen LogP contribution in [-0.2, 0) is 18.3 Å². The Hall–Kier alpha value is -6.06. The highest BCUT2D eigenvalue weighted by Gasteiger charge is 2.29. The molecule has 8 aromatic carbocycles. The Morgan fingerprint density at radius 1 is 0.375 bits per heavy atom. The van der Waals surface area contributed by atoms with E-state index in [1.165, 1.54) is 117 Å². The molecule has 0 atom stereocenters. The van der Waals surface area contributed by atoms with Crippen molar-refractivity contribution in [2.75, 3.05) is 0 Å². The van der Waals surface area contributed by atoms with E-state index in [9.17, 15) is 4.80 Å². The Bertz CT molecular complexity index is 2620. The van der Waals surface area contributed by atoms with Crippen LogP contribution in [0.2, 0.25) is 0 Å². The third-order valence-corrected chi connectivity index (χ3v) is 15.5. The van der Waals surface area contributed by atoms with Crippen molar-refractivity contribution >= 4 is 19.4 Å². The van der Waals surface area contributed by atoms with Crippen LogP contribution in [0.1, 0.15) is 93.1 Å². The predicted octanol–water partition coefficient (Wildman–Crippen LogP) is 14.4. The van der Waals surface area contributed by atoms with Crippen LogP contribution in [0.25, 0.3) is 44.5 Å². The minimum absolute atomic E-state index is 0.153. The molecular weight excluding hydrogens is 789 g/mol. The Labute approximate surface area is 385 Å². The molecule has 0 fully saturated rings. The second kappa shape index (κ2) is 18.2. The van der Waals surface area contributed by atoms with Gasteiger partial charge in [0.2, 0.25) is 0 Å². The van der Waals surface area contributed by atoms with E-state index in [-0.39, 0.29) is 5.41 Å². The second-order valence-corrected chi connectivity index (χ2v) is 21.0.